The van der Waals surface area contributed by atoms with Gasteiger partial charge in [-0.2, -0.15) is 0 Å². The molecule has 5 nitrogen and oxygen atoms in total. The summed E-state index contributed by atoms with van der Waals surface area (Å²) in [5, 5.41) is 0. The van der Waals surface area contributed by atoms with Crippen molar-refractivity contribution in [3.63, 3.8) is 0 Å². The third kappa shape index (κ3) is 2.64. The SMILES string of the molecule is CC(=O)Oc1cnccc1B1OC(C)(C)C(C)(C)O1. The molecule has 1 aliphatic rings. The number of rotatable bonds is 2. The third-order valence-electron chi connectivity index (χ3n) is 3.58. The van der Waals surface area contributed by atoms with E-state index in [0.29, 0.717) is 11.2 Å². The van der Waals surface area contributed by atoms with Crippen LogP contribution in [0, 0.1) is 0 Å². The van der Waals surface area contributed by atoms with Crippen LogP contribution in [0.1, 0.15) is 34.6 Å². The Hall–Kier alpha value is -1.40. The second-order valence-corrected chi connectivity index (χ2v) is 5.60. The van der Waals surface area contributed by atoms with Gasteiger partial charge in [-0.1, -0.05) is 0 Å². The standard InChI is InChI=1S/C13H18BNO4/c1-9(16)17-11-8-15-7-6-10(11)14-18-12(2,3)13(4,5)19-14/h6-8H,1-5H3. The van der Waals surface area contributed by atoms with Crippen molar-refractivity contribution < 1.29 is 18.8 Å². The molecule has 19 heavy (non-hydrogen) atoms. The Kier molecular flexibility index (Phi) is 3.41. The van der Waals surface area contributed by atoms with E-state index >= 15 is 0 Å². The Bertz CT molecular complexity index is 485. The molecule has 0 amide bonds. The Morgan fingerprint density at radius 1 is 1.26 bits per heavy atom. The molecule has 6 heteroatoms. The summed E-state index contributed by atoms with van der Waals surface area (Å²) < 4.78 is 17.0. The molecule has 0 bridgehead atoms. The van der Waals surface area contributed by atoms with E-state index in [1.165, 1.54) is 13.1 Å². The van der Waals surface area contributed by atoms with Gasteiger partial charge in [0.05, 0.1) is 17.4 Å². The van der Waals surface area contributed by atoms with Gasteiger partial charge in [0, 0.05) is 18.6 Å². The van der Waals surface area contributed by atoms with Gasteiger partial charge >= 0.3 is 13.1 Å². The summed E-state index contributed by atoms with van der Waals surface area (Å²) in [6, 6.07) is 1.74. The van der Waals surface area contributed by atoms with Crippen LogP contribution in [0.4, 0.5) is 0 Å². The predicted molar refractivity (Wildman–Crippen MR) is 71.3 cm³/mol. The molecule has 1 saturated heterocycles. The van der Waals surface area contributed by atoms with Gasteiger partial charge in [0.1, 0.15) is 5.75 Å². The lowest BCUT2D eigenvalue weighted by Gasteiger charge is -2.32. The van der Waals surface area contributed by atoms with Crippen LogP contribution >= 0.6 is 0 Å². The molecule has 1 aliphatic heterocycles. The molecule has 2 heterocycles. The minimum Gasteiger partial charge on any atom is -0.425 e. The molecule has 1 aromatic heterocycles. The van der Waals surface area contributed by atoms with Crippen LogP contribution in [0.3, 0.4) is 0 Å². The first-order valence-electron chi connectivity index (χ1n) is 6.21. The van der Waals surface area contributed by atoms with Gasteiger partial charge in [-0.05, 0) is 33.8 Å². The van der Waals surface area contributed by atoms with Crippen LogP contribution in [-0.4, -0.2) is 29.3 Å². The summed E-state index contributed by atoms with van der Waals surface area (Å²) in [5.41, 5.74) is -0.202. The summed E-state index contributed by atoms with van der Waals surface area (Å²) in [7, 11) is -0.567. The maximum absolute atomic E-state index is 11.1. The largest absolute Gasteiger partial charge is 0.498 e. The molecule has 1 fully saturated rings. The highest BCUT2D eigenvalue weighted by atomic mass is 16.7. The Morgan fingerprint density at radius 2 is 1.84 bits per heavy atom. The molecule has 0 unspecified atom stereocenters. The zero-order valence-electron chi connectivity index (χ0n) is 11.9. The van der Waals surface area contributed by atoms with Crippen LogP contribution in [-0.2, 0) is 14.1 Å². The first-order chi connectivity index (χ1) is 8.73. The molecular formula is C13H18BNO4. The van der Waals surface area contributed by atoms with Crippen LogP contribution in [0.25, 0.3) is 0 Å². The van der Waals surface area contributed by atoms with Crippen molar-refractivity contribution >= 4 is 18.6 Å². The highest BCUT2D eigenvalue weighted by molar-refractivity contribution is 6.63. The summed E-state index contributed by atoms with van der Waals surface area (Å²) >= 11 is 0. The van der Waals surface area contributed by atoms with Crippen LogP contribution in [0.15, 0.2) is 18.5 Å². The molecule has 0 saturated carbocycles. The lowest BCUT2D eigenvalue weighted by Crippen LogP contribution is -2.41. The molecule has 0 N–H and O–H groups in total. The lowest BCUT2D eigenvalue weighted by atomic mass is 9.79. The van der Waals surface area contributed by atoms with E-state index in [1.807, 2.05) is 27.7 Å². The molecular weight excluding hydrogens is 245 g/mol. The van der Waals surface area contributed by atoms with Gasteiger partial charge < -0.3 is 14.0 Å². The number of aromatic nitrogens is 1. The highest BCUT2D eigenvalue weighted by Gasteiger charge is 2.52. The smallest absolute Gasteiger partial charge is 0.425 e. The summed E-state index contributed by atoms with van der Waals surface area (Å²) in [6.07, 6.45) is 3.11. The summed E-state index contributed by atoms with van der Waals surface area (Å²) in [5.74, 6) is -0.0285. The highest BCUT2D eigenvalue weighted by Crippen LogP contribution is 2.37. The Morgan fingerprint density at radius 3 is 2.37 bits per heavy atom. The Labute approximate surface area is 113 Å². The average molecular weight is 263 g/mol. The van der Waals surface area contributed by atoms with Gasteiger partial charge in [-0.25, -0.2) is 0 Å². The summed E-state index contributed by atoms with van der Waals surface area (Å²) in [4.78, 5) is 15.1. The first kappa shape index (κ1) is 14.0. The minimum absolute atomic E-state index is 0.369. The summed E-state index contributed by atoms with van der Waals surface area (Å²) in [6.45, 7) is 9.24. The molecule has 0 spiro atoms. The fraction of sp³-hybridized carbons (Fsp3) is 0.538. The van der Waals surface area contributed by atoms with Crippen molar-refractivity contribution in [2.45, 2.75) is 45.8 Å². The number of esters is 1. The van der Waals surface area contributed by atoms with Crippen molar-refractivity contribution in [3.8, 4) is 5.75 Å². The van der Waals surface area contributed by atoms with E-state index in [0.717, 1.165) is 0 Å². The quantitative estimate of drug-likeness (QED) is 0.594. The fourth-order valence-electron chi connectivity index (χ4n) is 1.80. The molecule has 0 aliphatic carbocycles. The van der Waals surface area contributed by atoms with Crippen molar-refractivity contribution in [1.29, 1.82) is 0 Å². The van der Waals surface area contributed by atoms with Gasteiger partial charge in [-0.15, -0.1) is 0 Å². The van der Waals surface area contributed by atoms with Crippen molar-refractivity contribution in [2.24, 2.45) is 0 Å². The Balaban J connectivity index is 2.32. The lowest BCUT2D eigenvalue weighted by molar-refractivity contribution is -0.131. The molecule has 2 rings (SSSR count). The second-order valence-electron chi connectivity index (χ2n) is 5.60. The molecule has 1 aromatic rings. The number of hydrogen-bond acceptors (Lipinski definition) is 5. The van der Waals surface area contributed by atoms with Gasteiger partial charge in [0.25, 0.3) is 0 Å². The van der Waals surface area contributed by atoms with Crippen molar-refractivity contribution in [1.82, 2.24) is 4.98 Å². The van der Waals surface area contributed by atoms with E-state index in [-0.39, 0.29) is 0 Å². The minimum atomic E-state index is -0.567. The molecule has 0 radical (unpaired) electrons. The van der Waals surface area contributed by atoms with Gasteiger partial charge in [-0.3, -0.25) is 9.78 Å². The van der Waals surface area contributed by atoms with E-state index < -0.39 is 24.3 Å². The van der Waals surface area contributed by atoms with E-state index in [9.17, 15) is 4.79 Å². The fourth-order valence-corrected chi connectivity index (χ4v) is 1.80. The number of hydrogen-bond donors (Lipinski definition) is 0. The zero-order valence-corrected chi connectivity index (χ0v) is 11.9. The third-order valence-corrected chi connectivity index (χ3v) is 3.58. The maximum atomic E-state index is 11.1. The number of carbonyl (C=O) groups is 1. The first-order valence-corrected chi connectivity index (χ1v) is 6.21. The van der Waals surface area contributed by atoms with Crippen LogP contribution in [0.5, 0.6) is 5.75 Å². The predicted octanol–water partition coefficient (Wildman–Crippen LogP) is 1.31. The topological polar surface area (TPSA) is 57.7 Å². The zero-order chi connectivity index (χ0) is 14.3. The van der Waals surface area contributed by atoms with Crippen molar-refractivity contribution in [3.05, 3.63) is 18.5 Å². The second kappa shape index (κ2) is 4.61. The molecule has 102 valence electrons. The van der Waals surface area contributed by atoms with Gasteiger partial charge in [0.15, 0.2) is 0 Å². The maximum Gasteiger partial charge on any atom is 0.498 e. The van der Waals surface area contributed by atoms with Gasteiger partial charge in [0.2, 0.25) is 0 Å². The van der Waals surface area contributed by atoms with Crippen LogP contribution < -0.4 is 10.2 Å². The number of pyridine rings is 1. The van der Waals surface area contributed by atoms with E-state index in [2.05, 4.69) is 4.98 Å². The van der Waals surface area contributed by atoms with E-state index in [1.54, 1.807) is 12.3 Å². The van der Waals surface area contributed by atoms with E-state index in [4.69, 9.17) is 14.0 Å². The molecule has 0 aromatic carbocycles. The number of nitrogens with zero attached hydrogens (tertiary/aromatic N) is 1. The number of carbonyl (C=O) groups excluding carboxylic acids is 1. The number of ether oxygens (including phenoxy) is 1. The van der Waals surface area contributed by atoms with Crippen molar-refractivity contribution in [2.75, 3.05) is 0 Å². The average Bonchev–Trinajstić information content (AvgIpc) is 2.48. The van der Waals surface area contributed by atoms with Crippen LogP contribution in [0.2, 0.25) is 0 Å². The normalized spacial score (nSPS) is 20.4. The molecule has 0 atom stereocenters. The monoisotopic (exact) mass is 263 g/mol.